The Labute approximate surface area is 172 Å². The van der Waals surface area contributed by atoms with Gasteiger partial charge in [-0.25, -0.2) is 4.98 Å². The number of thiazole rings is 1. The average Bonchev–Trinajstić information content (AvgIpc) is 3.39. The van der Waals surface area contributed by atoms with Gasteiger partial charge in [0.1, 0.15) is 11.3 Å². The fourth-order valence-corrected chi connectivity index (χ4v) is 4.22. The molecule has 1 aromatic carbocycles. The number of nitrogens with zero attached hydrogens (tertiary/aromatic N) is 4. The molecule has 3 aromatic rings. The van der Waals surface area contributed by atoms with Crippen LogP contribution in [0.4, 0.5) is 10.8 Å². The van der Waals surface area contributed by atoms with Gasteiger partial charge in [0, 0.05) is 26.4 Å². The van der Waals surface area contributed by atoms with Gasteiger partial charge in [0.05, 0.1) is 55.6 Å². The number of rotatable bonds is 7. The largest absolute Gasteiger partial charge is 0.494 e. The van der Waals surface area contributed by atoms with Crippen molar-refractivity contribution in [2.75, 3.05) is 57.3 Å². The molecule has 0 unspecified atom stereocenters. The van der Waals surface area contributed by atoms with Gasteiger partial charge in [0.25, 0.3) is 5.91 Å². The number of carbonyl (C=O) groups excluding carboxylic acids is 1. The van der Waals surface area contributed by atoms with Crippen LogP contribution in [0.2, 0.25) is 0 Å². The number of carbonyl (C=O) groups is 1. The first kappa shape index (κ1) is 19.6. The van der Waals surface area contributed by atoms with Gasteiger partial charge in [-0.3, -0.25) is 14.8 Å². The van der Waals surface area contributed by atoms with Crippen molar-refractivity contribution in [1.82, 2.24) is 14.8 Å². The normalized spacial score (nSPS) is 14.3. The second-order valence-corrected chi connectivity index (χ2v) is 7.52. The van der Waals surface area contributed by atoms with Crippen molar-refractivity contribution in [2.24, 2.45) is 0 Å². The molecule has 0 aliphatic carbocycles. The highest BCUT2D eigenvalue weighted by atomic mass is 32.1. The first-order chi connectivity index (χ1) is 14.2. The number of ether oxygens (including phenoxy) is 3. The van der Waals surface area contributed by atoms with Gasteiger partial charge in [0.15, 0.2) is 5.13 Å². The summed E-state index contributed by atoms with van der Waals surface area (Å²) in [6, 6.07) is 3.95. The van der Waals surface area contributed by atoms with Crippen molar-refractivity contribution < 1.29 is 19.0 Å². The zero-order chi connectivity index (χ0) is 20.2. The number of amides is 1. The molecule has 154 valence electrons. The lowest BCUT2D eigenvalue weighted by Gasteiger charge is -2.29. The Morgan fingerprint density at radius 2 is 2.14 bits per heavy atom. The molecule has 0 saturated carbocycles. The first-order valence-electron chi connectivity index (χ1n) is 9.32. The van der Waals surface area contributed by atoms with Crippen LogP contribution in [0.3, 0.4) is 0 Å². The quantitative estimate of drug-likeness (QED) is 0.630. The molecule has 1 saturated heterocycles. The van der Waals surface area contributed by atoms with E-state index in [1.807, 2.05) is 12.1 Å². The molecule has 1 amide bonds. The molecule has 0 radical (unpaired) electrons. The van der Waals surface area contributed by atoms with E-state index in [1.165, 1.54) is 17.5 Å². The number of fused-ring (bicyclic) bond motifs is 1. The second-order valence-electron chi connectivity index (χ2n) is 6.52. The maximum Gasteiger partial charge on any atom is 0.260 e. The molecule has 0 bridgehead atoms. The average molecular weight is 417 g/mol. The summed E-state index contributed by atoms with van der Waals surface area (Å²) in [6.45, 7) is 4.16. The third-order valence-corrected chi connectivity index (χ3v) is 5.69. The van der Waals surface area contributed by atoms with Crippen molar-refractivity contribution >= 4 is 38.3 Å². The van der Waals surface area contributed by atoms with E-state index < -0.39 is 0 Å². The Morgan fingerprint density at radius 1 is 1.31 bits per heavy atom. The van der Waals surface area contributed by atoms with Gasteiger partial charge in [-0.2, -0.15) is 5.10 Å². The van der Waals surface area contributed by atoms with E-state index in [2.05, 4.69) is 20.3 Å². The summed E-state index contributed by atoms with van der Waals surface area (Å²) in [5.74, 6) is 0.431. The predicted octanol–water partition coefficient (Wildman–Crippen LogP) is 2.24. The fraction of sp³-hybridized carbons (Fsp3) is 0.421. The maximum absolute atomic E-state index is 12.6. The molecule has 1 aliphatic rings. The van der Waals surface area contributed by atoms with E-state index in [0.29, 0.717) is 42.8 Å². The molecule has 1 fully saturated rings. The van der Waals surface area contributed by atoms with Crippen molar-refractivity contribution in [3.8, 4) is 5.75 Å². The lowest BCUT2D eigenvalue weighted by molar-refractivity contribution is 0.102. The zero-order valence-corrected chi connectivity index (χ0v) is 17.2. The number of hydrogen-bond acceptors (Lipinski definition) is 8. The topological polar surface area (TPSA) is 90.7 Å². The molecule has 0 spiro atoms. The maximum atomic E-state index is 12.6. The number of morpholine rings is 1. The SMILES string of the molecule is COCCn1cc(C(=O)Nc2nc3c(OC)ccc(N4CCOCC4)c3s2)cn1. The molecule has 1 N–H and O–H groups in total. The third kappa shape index (κ3) is 4.19. The molecule has 10 heteroatoms. The number of nitrogens with one attached hydrogen (secondary N) is 1. The molecular formula is C19H23N5O4S. The Balaban J connectivity index is 1.59. The van der Waals surface area contributed by atoms with Crippen molar-refractivity contribution in [3.05, 3.63) is 30.1 Å². The third-order valence-electron chi connectivity index (χ3n) is 4.70. The van der Waals surface area contributed by atoms with E-state index in [9.17, 15) is 4.79 Å². The molecule has 1 aliphatic heterocycles. The van der Waals surface area contributed by atoms with Gasteiger partial charge in [0.2, 0.25) is 0 Å². The van der Waals surface area contributed by atoms with Crippen LogP contribution in [0.25, 0.3) is 10.2 Å². The van der Waals surface area contributed by atoms with Gasteiger partial charge in [-0.1, -0.05) is 11.3 Å². The minimum absolute atomic E-state index is 0.250. The summed E-state index contributed by atoms with van der Waals surface area (Å²) in [5, 5.41) is 7.59. The predicted molar refractivity (Wildman–Crippen MR) is 111 cm³/mol. The minimum Gasteiger partial charge on any atom is -0.494 e. The van der Waals surface area contributed by atoms with Crippen molar-refractivity contribution in [2.45, 2.75) is 6.54 Å². The Bertz CT molecular complexity index is 996. The smallest absolute Gasteiger partial charge is 0.260 e. The van der Waals surface area contributed by atoms with E-state index >= 15 is 0 Å². The van der Waals surface area contributed by atoms with Crippen LogP contribution in [-0.2, 0) is 16.0 Å². The number of methoxy groups -OCH3 is 2. The Hall–Kier alpha value is -2.69. The van der Waals surface area contributed by atoms with Gasteiger partial charge in [-0.15, -0.1) is 0 Å². The zero-order valence-electron chi connectivity index (χ0n) is 16.4. The van der Waals surface area contributed by atoms with Crippen molar-refractivity contribution in [1.29, 1.82) is 0 Å². The highest BCUT2D eigenvalue weighted by Gasteiger charge is 2.20. The van der Waals surface area contributed by atoms with Gasteiger partial charge >= 0.3 is 0 Å². The second kappa shape index (κ2) is 8.76. The van der Waals surface area contributed by atoms with Crippen LogP contribution in [0.15, 0.2) is 24.5 Å². The van der Waals surface area contributed by atoms with Crippen LogP contribution in [-0.4, -0.2) is 67.8 Å². The van der Waals surface area contributed by atoms with Crippen LogP contribution in [0, 0.1) is 0 Å². The highest BCUT2D eigenvalue weighted by molar-refractivity contribution is 7.23. The molecular weight excluding hydrogens is 394 g/mol. The van der Waals surface area contributed by atoms with E-state index in [0.717, 1.165) is 29.0 Å². The lowest BCUT2D eigenvalue weighted by Crippen LogP contribution is -2.36. The van der Waals surface area contributed by atoms with Crippen LogP contribution < -0.4 is 15.0 Å². The molecule has 4 rings (SSSR count). The summed E-state index contributed by atoms with van der Waals surface area (Å²) in [4.78, 5) is 19.5. The fourth-order valence-electron chi connectivity index (χ4n) is 3.20. The molecule has 29 heavy (non-hydrogen) atoms. The number of hydrogen-bond donors (Lipinski definition) is 1. The van der Waals surface area contributed by atoms with E-state index in [4.69, 9.17) is 14.2 Å². The monoisotopic (exact) mass is 417 g/mol. The Kier molecular flexibility index (Phi) is 5.93. The summed E-state index contributed by atoms with van der Waals surface area (Å²) in [5.41, 5.74) is 2.29. The Morgan fingerprint density at radius 3 is 2.90 bits per heavy atom. The van der Waals surface area contributed by atoms with E-state index in [-0.39, 0.29) is 5.91 Å². The lowest BCUT2D eigenvalue weighted by atomic mass is 10.2. The summed E-state index contributed by atoms with van der Waals surface area (Å²) in [6.07, 6.45) is 3.24. The molecule has 9 nitrogen and oxygen atoms in total. The highest BCUT2D eigenvalue weighted by Crippen LogP contribution is 2.39. The molecule has 2 aromatic heterocycles. The number of anilines is 2. The summed E-state index contributed by atoms with van der Waals surface area (Å²) in [7, 11) is 3.25. The van der Waals surface area contributed by atoms with Crippen LogP contribution >= 0.6 is 11.3 Å². The van der Waals surface area contributed by atoms with Gasteiger partial charge < -0.3 is 19.1 Å². The van der Waals surface area contributed by atoms with Gasteiger partial charge in [-0.05, 0) is 12.1 Å². The van der Waals surface area contributed by atoms with E-state index in [1.54, 1.807) is 25.1 Å². The molecule has 0 atom stereocenters. The summed E-state index contributed by atoms with van der Waals surface area (Å²) < 4.78 is 18.6. The molecule has 3 heterocycles. The van der Waals surface area contributed by atoms with Crippen molar-refractivity contribution in [3.63, 3.8) is 0 Å². The number of benzene rings is 1. The van der Waals surface area contributed by atoms with Crippen LogP contribution in [0.1, 0.15) is 10.4 Å². The standard InChI is InChI=1S/C19H23N5O4S/c1-26-8-7-24-12-13(11-20-24)18(25)22-19-21-16-15(27-2)4-3-14(17(16)29-19)23-5-9-28-10-6-23/h3-4,11-12H,5-10H2,1-2H3,(H,21,22,25). The summed E-state index contributed by atoms with van der Waals surface area (Å²) >= 11 is 1.44. The van der Waals surface area contributed by atoms with Crippen LogP contribution in [0.5, 0.6) is 5.75 Å². The number of aromatic nitrogens is 3. The first-order valence-corrected chi connectivity index (χ1v) is 10.1. The minimum atomic E-state index is -0.250.